The van der Waals surface area contributed by atoms with Gasteiger partial charge in [0.05, 0.1) is 0 Å². The molecule has 0 fully saturated rings. The second-order valence-corrected chi connectivity index (χ2v) is 2.64. The highest BCUT2D eigenvalue weighted by molar-refractivity contribution is 5.65. The molecule has 0 saturated heterocycles. The van der Waals surface area contributed by atoms with Gasteiger partial charge >= 0.3 is 0 Å². The van der Waals surface area contributed by atoms with Crippen molar-refractivity contribution in [2.75, 3.05) is 0 Å². The van der Waals surface area contributed by atoms with E-state index in [-0.39, 0.29) is 0 Å². The van der Waals surface area contributed by atoms with Gasteiger partial charge in [-0.25, -0.2) is 0 Å². The fourth-order valence-corrected chi connectivity index (χ4v) is 1.01. The van der Waals surface area contributed by atoms with Gasteiger partial charge in [-0.15, -0.1) is 0 Å². The van der Waals surface area contributed by atoms with Crippen LogP contribution < -0.4 is 0 Å². The van der Waals surface area contributed by atoms with E-state index in [4.69, 9.17) is 0 Å². The average Bonchev–Trinajstić information content (AvgIpc) is 2.19. The van der Waals surface area contributed by atoms with Crippen molar-refractivity contribution in [1.82, 2.24) is 0 Å². The smallest absolute Gasteiger partial charge is 0.142 e. The normalized spacial score (nSPS) is 11.1. The molecule has 0 aliphatic carbocycles. The molecule has 1 aromatic rings. The zero-order chi connectivity index (χ0) is 9.36. The predicted octanol–water partition coefficient (Wildman–Crippen LogP) is 2.54. The Morgan fingerprint density at radius 3 is 2.46 bits per heavy atom. The molecule has 13 heavy (non-hydrogen) atoms. The molecule has 66 valence electrons. The van der Waals surface area contributed by atoms with E-state index in [9.17, 15) is 4.79 Å². The molecule has 1 nitrogen and oxygen atoms in total. The van der Waals surface area contributed by atoms with Gasteiger partial charge in [0.25, 0.3) is 0 Å². The largest absolute Gasteiger partial charge is 0.299 e. The second-order valence-electron chi connectivity index (χ2n) is 2.64. The molecule has 1 heteroatoms. The summed E-state index contributed by atoms with van der Waals surface area (Å²) in [5.74, 6) is 0. The summed E-state index contributed by atoms with van der Waals surface area (Å²) in [6.07, 6.45) is 8.78. The maximum Gasteiger partial charge on any atom is 0.142 e. The van der Waals surface area contributed by atoms with Crippen LogP contribution in [-0.2, 0) is 11.2 Å². The highest BCUT2D eigenvalue weighted by Gasteiger charge is 1.83. The van der Waals surface area contributed by atoms with Crippen molar-refractivity contribution in [3.63, 3.8) is 0 Å². The summed E-state index contributed by atoms with van der Waals surface area (Å²) in [7, 11) is 0. The van der Waals surface area contributed by atoms with E-state index in [0.717, 1.165) is 12.7 Å². The Bertz CT molecular complexity index is 296. The summed E-state index contributed by atoms with van der Waals surface area (Å²) in [6, 6.07) is 10.2. The van der Waals surface area contributed by atoms with Crippen molar-refractivity contribution in [1.29, 1.82) is 0 Å². The molecule has 0 aliphatic rings. The van der Waals surface area contributed by atoms with Gasteiger partial charge in [0, 0.05) is 0 Å². The third-order valence-corrected chi connectivity index (χ3v) is 1.63. The van der Waals surface area contributed by atoms with Crippen LogP contribution in [0.25, 0.3) is 0 Å². The number of benzene rings is 1. The minimum Gasteiger partial charge on any atom is -0.299 e. The van der Waals surface area contributed by atoms with E-state index < -0.39 is 0 Å². The van der Waals surface area contributed by atoms with Gasteiger partial charge < -0.3 is 0 Å². The number of aldehydes is 1. The molecular weight excluding hydrogens is 160 g/mol. The van der Waals surface area contributed by atoms with Crippen LogP contribution in [0.1, 0.15) is 5.56 Å². The Hall–Kier alpha value is -1.63. The van der Waals surface area contributed by atoms with Crippen LogP contribution in [0.15, 0.2) is 54.6 Å². The van der Waals surface area contributed by atoms with Gasteiger partial charge in [-0.05, 0) is 18.1 Å². The fourth-order valence-electron chi connectivity index (χ4n) is 1.01. The van der Waals surface area contributed by atoms with Crippen LogP contribution >= 0.6 is 0 Å². The van der Waals surface area contributed by atoms with Gasteiger partial charge in [0.2, 0.25) is 0 Å². The summed E-state index contributed by atoms with van der Waals surface area (Å²) in [5, 5.41) is 0. The van der Waals surface area contributed by atoms with Crippen LogP contribution in [0.2, 0.25) is 0 Å². The van der Waals surface area contributed by atoms with E-state index in [0.29, 0.717) is 0 Å². The average molecular weight is 172 g/mol. The van der Waals surface area contributed by atoms with Crippen LogP contribution in [0.5, 0.6) is 0 Å². The molecule has 0 aromatic heterocycles. The molecule has 0 unspecified atom stereocenters. The molecule has 1 rings (SSSR count). The van der Waals surface area contributed by atoms with Crippen molar-refractivity contribution < 1.29 is 4.79 Å². The van der Waals surface area contributed by atoms with Crippen LogP contribution in [-0.4, -0.2) is 6.29 Å². The molecule has 0 heterocycles. The molecular formula is C12H12O. The monoisotopic (exact) mass is 172 g/mol. The molecule has 0 N–H and O–H groups in total. The van der Waals surface area contributed by atoms with Gasteiger partial charge in [-0.1, -0.05) is 48.6 Å². The molecule has 0 amide bonds. The fraction of sp³-hybridized carbons (Fsp3) is 0.0833. The van der Waals surface area contributed by atoms with E-state index >= 15 is 0 Å². The second kappa shape index (κ2) is 5.95. The molecule has 0 aliphatic heterocycles. The Labute approximate surface area is 78.4 Å². The van der Waals surface area contributed by atoms with Crippen molar-refractivity contribution in [3.8, 4) is 0 Å². The lowest BCUT2D eigenvalue weighted by molar-refractivity contribution is -0.104. The van der Waals surface area contributed by atoms with Crippen LogP contribution in [0, 0.1) is 0 Å². The zero-order valence-electron chi connectivity index (χ0n) is 7.39. The van der Waals surface area contributed by atoms with Gasteiger partial charge in [-0.3, -0.25) is 4.79 Å². The Balaban J connectivity index is 2.39. The first-order chi connectivity index (χ1) is 6.43. The first kappa shape index (κ1) is 9.46. The number of hydrogen-bond donors (Lipinski definition) is 0. The van der Waals surface area contributed by atoms with Crippen molar-refractivity contribution in [3.05, 3.63) is 60.2 Å². The summed E-state index contributed by atoms with van der Waals surface area (Å²) >= 11 is 0. The molecule has 0 spiro atoms. The molecule has 0 bridgehead atoms. The number of rotatable bonds is 4. The zero-order valence-corrected chi connectivity index (χ0v) is 7.39. The molecule has 0 atom stereocenters. The number of hydrogen-bond acceptors (Lipinski definition) is 1. The van der Waals surface area contributed by atoms with Gasteiger partial charge in [-0.2, -0.15) is 0 Å². The number of carbonyl (C=O) groups is 1. The topological polar surface area (TPSA) is 17.1 Å². The third-order valence-electron chi connectivity index (χ3n) is 1.63. The standard InChI is InChI=1S/C12H12O/c13-11-7-2-1-4-8-12-9-5-3-6-10-12/h1-7,9-11H,8H2. The summed E-state index contributed by atoms with van der Waals surface area (Å²) in [4.78, 5) is 9.92. The number of allylic oxidation sites excluding steroid dienone is 4. The lowest BCUT2D eigenvalue weighted by atomic mass is 10.1. The lowest BCUT2D eigenvalue weighted by Gasteiger charge is -1.92. The van der Waals surface area contributed by atoms with Gasteiger partial charge in [0.15, 0.2) is 0 Å². The predicted molar refractivity (Wildman–Crippen MR) is 54.5 cm³/mol. The Kier molecular flexibility index (Phi) is 4.33. The minimum atomic E-state index is 0.771. The van der Waals surface area contributed by atoms with Crippen molar-refractivity contribution in [2.45, 2.75) is 6.42 Å². The maximum absolute atomic E-state index is 9.92. The maximum atomic E-state index is 9.92. The molecule has 0 saturated carbocycles. The van der Waals surface area contributed by atoms with E-state index in [1.54, 1.807) is 6.08 Å². The first-order valence-corrected chi connectivity index (χ1v) is 4.24. The first-order valence-electron chi connectivity index (χ1n) is 4.24. The highest BCUT2D eigenvalue weighted by atomic mass is 16.1. The third kappa shape index (κ3) is 4.06. The molecule has 0 radical (unpaired) electrons. The highest BCUT2D eigenvalue weighted by Crippen LogP contribution is 1.99. The van der Waals surface area contributed by atoms with Crippen molar-refractivity contribution in [2.24, 2.45) is 0 Å². The van der Waals surface area contributed by atoms with Gasteiger partial charge in [0.1, 0.15) is 6.29 Å². The summed E-state index contributed by atoms with van der Waals surface area (Å²) in [6.45, 7) is 0. The van der Waals surface area contributed by atoms with E-state index in [1.807, 2.05) is 30.4 Å². The minimum absolute atomic E-state index is 0.771. The summed E-state index contributed by atoms with van der Waals surface area (Å²) in [5.41, 5.74) is 1.28. The lowest BCUT2D eigenvalue weighted by Crippen LogP contribution is -1.77. The van der Waals surface area contributed by atoms with E-state index in [1.165, 1.54) is 11.6 Å². The Morgan fingerprint density at radius 2 is 1.77 bits per heavy atom. The van der Waals surface area contributed by atoms with Crippen molar-refractivity contribution >= 4 is 6.29 Å². The van der Waals surface area contributed by atoms with Crippen LogP contribution in [0.3, 0.4) is 0 Å². The van der Waals surface area contributed by atoms with Crippen LogP contribution in [0.4, 0.5) is 0 Å². The summed E-state index contributed by atoms with van der Waals surface area (Å²) < 4.78 is 0. The Morgan fingerprint density at radius 1 is 1.00 bits per heavy atom. The molecule has 1 aromatic carbocycles. The number of carbonyl (C=O) groups excluding carboxylic acids is 1. The van der Waals surface area contributed by atoms with E-state index in [2.05, 4.69) is 12.1 Å². The SMILES string of the molecule is O=CC=CC=CCc1ccccc1. The quantitative estimate of drug-likeness (QED) is 0.387.